The molecule has 0 aromatic heterocycles. The Hall–Kier alpha value is -1.37. The number of hydrazone groups is 1. The SMILES string of the molecule is O=C(N/N=C/c1cc(Br)cc(Cl)c1O)c1cccc(Br)c1. The van der Waals surface area contributed by atoms with Gasteiger partial charge in [0.25, 0.3) is 5.91 Å². The molecule has 2 N–H and O–H groups in total. The summed E-state index contributed by atoms with van der Waals surface area (Å²) in [5.41, 5.74) is 3.24. The van der Waals surface area contributed by atoms with Gasteiger partial charge in [-0.15, -0.1) is 0 Å². The lowest BCUT2D eigenvalue weighted by atomic mass is 10.2. The Bertz CT molecular complexity index is 720. The van der Waals surface area contributed by atoms with Crippen LogP contribution in [0.4, 0.5) is 0 Å². The average Bonchev–Trinajstić information content (AvgIpc) is 2.43. The first-order chi connectivity index (χ1) is 9.97. The van der Waals surface area contributed by atoms with Gasteiger partial charge in [0.05, 0.1) is 11.2 Å². The van der Waals surface area contributed by atoms with Crippen LogP contribution < -0.4 is 5.43 Å². The number of phenols is 1. The third-order valence-electron chi connectivity index (χ3n) is 2.51. The Morgan fingerprint density at radius 3 is 2.71 bits per heavy atom. The van der Waals surface area contributed by atoms with Crippen molar-refractivity contribution in [2.75, 3.05) is 0 Å². The molecular weight excluding hydrogens is 423 g/mol. The molecule has 4 nitrogen and oxygen atoms in total. The quantitative estimate of drug-likeness (QED) is 0.560. The number of carbonyl (C=O) groups excluding carboxylic acids is 1. The van der Waals surface area contributed by atoms with Crippen molar-refractivity contribution in [1.29, 1.82) is 0 Å². The minimum Gasteiger partial charge on any atom is -0.506 e. The summed E-state index contributed by atoms with van der Waals surface area (Å²) in [5.74, 6) is -0.451. The summed E-state index contributed by atoms with van der Waals surface area (Å²) in [6.07, 6.45) is 1.32. The molecule has 0 spiro atoms. The van der Waals surface area contributed by atoms with Crippen molar-refractivity contribution in [2.24, 2.45) is 5.10 Å². The van der Waals surface area contributed by atoms with E-state index >= 15 is 0 Å². The lowest BCUT2D eigenvalue weighted by Crippen LogP contribution is -2.17. The maximum Gasteiger partial charge on any atom is 0.271 e. The van der Waals surface area contributed by atoms with Gasteiger partial charge < -0.3 is 5.11 Å². The molecule has 2 aromatic carbocycles. The number of benzene rings is 2. The average molecular weight is 432 g/mol. The zero-order valence-corrected chi connectivity index (χ0v) is 14.4. The molecule has 0 bridgehead atoms. The number of aromatic hydroxyl groups is 1. The van der Waals surface area contributed by atoms with Crippen molar-refractivity contribution >= 4 is 55.6 Å². The summed E-state index contributed by atoms with van der Waals surface area (Å²) in [5, 5.41) is 13.8. The van der Waals surface area contributed by atoms with Crippen LogP contribution in [0.15, 0.2) is 50.4 Å². The van der Waals surface area contributed by atoms with Crippen LogP contribution in [0.2, 0.25) is 5.02 Å². The number of rotatable bonds is 3. The van der Waals surface area contributed by atoms with Crippen LogP contribution in [0.1, 0.15) is 15.9 Å². The smallest absolute Gasteiger partial charge is 0.271 e. The lowest BCUT2D eigenvalue weighted by Gasteiger charge is -2.03. The molecule has 0 fully saturated rings. The Kier molecular flexibility index (Phi) is 5.39. The molecule has 0 radical (unpaired) electrons. The number of halogens is 3. The standard InChI is InChI=1S/C14H9Br2ClN2O2/c15-10-3-1-2-8(4-10)14(21)19-18-7-9-5-11(16)6-12(17)13(9)20/h1-7,20H,(H,19,21)/b18-7+. The van der Waals surface area contributed by atoms with Crippen LogP contribution >= 0.6 is 43.5 Å². The van der Waals surface area contributed by atoms with E-state index < -0.39 is 0 Å². The van der Waals surface area contributed by atoms with E-state index in [2.05, 4.69) is 42.4 Å². The highest BCUT2D eigenvalue weighted by molar-refractivity contribution is 9.10. The number of hydrogen-bond acceptors (Lipinski definition) is 3. The number of nitrogens with one attached hydrogen (secondary N) is 1. The predicted octanol–water partition coefficient (Wildman–Crippen LogP) is 4.33. The van der Waals surface area contributed by atoms with Crippen molar-refractivity contribution in [3.8, 4) is 5.75 Å². The maximum absolute atomic E-state index is 11.9. The van der Waals surface area contributed by atoms with E-state index in [1.54, 1.807) is 30.3 Å². The van der Waals surface area contributed by atoms with E-state index in [1.807, 2.05) is 6.07 Å². The highest BCUT2D eigenvalue weighted by Gasteiger charge is 2.07. The molecular formula is C14H9Br2ClN2O2. The molecule has 0 aliphatic heterocycles. The van der Waals surface area contributed by atoms with Gasteiger partial charge in [0.2, 0.25) is 0 Å². The Morgan fingerprint density at radius 2 is 2.00 bits per heavy atom. The number of hydrogen-bond donors (Lipinski definition) is 2. The minimum absolute atomic E-state index is 0.0969. The first-order valence-corrected chi connectivity index (χ1v) is 7.71. The van der Waals surface area contributed by atoms with E-state index in [0.717, 1.165) is 4.47 Å². The molecule has 1 amide bonds. The molecule has 0 unspecified atom stereocenters. The molecule has 0 aliphatic rings. The first kappa shape index (κ1) is 16.0. The van der Waals surface area contributed by atoms with E-state index in [1.165, 1.54) is 6.21 Å². The molecule has 108 valence electrons. The van der Waals surface area contributed by atoms with Gasteiger partial charge >= 0.3 is 0 Å². The third-order valence-corrected chi connectivity index (χ3v) is 3.75. The van der Waals surface area contributed by atoms with E-state index in [0.29, 0.717) is 15.6 Å². The van der Waals surface area contributed by atoms with Gasteiger partial charge in [-0.3, -0.25) is 4.79 Å². The van der Waals surface area contributed by atoms with E-state index in [-0.39, 0.29) is 16.7 Å². The largest absolute Gasteiger partial charge is 0.506 e. The Morgan fingerprint density at radius 1 is 1.24 bits per heavy atom. The summed E-state index contributed by atoms with van der Waals surface area (Å²) < 4.78 is 1.50. The fourth-order valence-corrected chi connectivity index (χ4v) is 2.77. The molecule has 21 heavy (non-hydrogen) atoms. The second kappa shape index (κ2) is 7.06. The summed E-state index contributed by atoms with van der Waals surface area (Å²) >= 11 is 12.4. The fraction of sp³-hybridized carbons (Fsp3) is 0. The highest BCUT2D eigenvalue weighted by Crippen LogP contribution is 2.30. The van der Waals surface area contributed by atoms with Gasteiger partial charge in [-0.05, 0) is 30.3 Å². The molecule has 0 atom stereocenters. The van der Waals surface area contributed by atoms with Gasteiger partial charge in [0.15, 0.2) is 0 Å². The Labute approximate surface area is 143 Å². The summed E-state index contributed by atoms with van der Waals surface area (Å²) in [4.78, 5) is 11.9. The number of phenolic OH excluding ortho intramolecular Hbond substituents is 1. The maximum atomic E-state index is 11.9. The first-order valence-electron chi connectivity index (χ1n) is 5.74. The predicted molar refractivity (Wildman–Crippen MR) is 90.0 cm³/mol. The lowest BCUT2D eigenvalue weighted by molar-refractivity contribution is 0.0955. The van der Waals surface area contributed by atoms with Crippen molar-refractivity contribution in [3.63, 3.8) is 0 Å². The second-order valence-corrected chi connectivity index (χ2v) is 6.27. The number of nitrogens with zero attached hydrogens (tertiary/aromatic N) is 1. The molecule has 0 heterocycles. The van der Waals surface area contributed by atoms with Crippen molar-refractivity contribution < 1.29 is 9.90 Å². The van der Waals surface area contributed by atoms with Gasteiger partial charge in [0, 0.05) is 20.1 Å². The number of amides is 1. The van der Waals surface area contributed by atoms with Gasteiger partial charge in [0.1, 0.15) is 5.75 Å². The van der Waals surface area contributed by atoms with Crippen LogP contribution in [0.5, 0.6) is 5.75 Å². The van der Waals surface area contributed by atoms with Gasteiger partial charge in [-0.1, -0.05) is 49.5 Å². The topological polar surface area (TPSA) is 61.7 Å². The fourth-order valence-electron chi connectivity index (χ4n) is 1.54. The molecule has 0 aliphatic carbocycles. The van der Waals surface area contributed by atoms with E-state index in [4.69, 9.17) is 11.6 Å². The van der Waals surface area contributed by atoms with Gasteiger partial charge in [-0.25, -0.2) is 5.43 Å². The Balaban J connectivity index is 2.11. The van der Waals surface area contributed by atoms with Crippen LogP contribution in [-0.2, 0) is 0 Å². The molecule has 0 saturated carbocycles. The second-order valence-electron chi connectivity index (χ2n) is 4.03. The molecule has 2 rings (SSSR count). The van der Waals surface area contributed by atoms with Crippen LogP contribution in [0.25, 0.3) is 0 Å². The molecule has 2 aromatic rings. The number of carbonyl (C=O) groups is 1. The van der Waals surface area contributed by atoms with Crippen LogP contribution in [0.3, 0.4) is 0 Å². The zero-order valence-electron chi connectivity index (χ0n) is 10.5. The highest BCUT2D eigenvalue weighted by atomic mass is 79.9. The summed E-state index contributed by atoms with van der Waals surface area (Å²) in [6.45, 7) is 0. The third kappa shape index (κ3) is 4.30. The summed E-state index contributed by atoms with van der Waals surface area (Å²) in [6, 6.07) is 10.1. The monoisotopic (exact) mass is 430 g/mol. The van der Waals surface area contributed by atoms with Crippen LogP contribution in [0, 0.1) is 0 Å². The summed E-state index contributed by atoms with van der Waals surface area (Å²) in [7, 11) is 0. The van der Waals surface area contributed by atoms with E-state index in [9.17, 15) is 9.90 Å². The molecule has 7 heteroatoms. The zero-order chi connectivity index (χ0) is 15.4. The van der Waals surface area contributed by atoms with Crippen molar-refractivity contribution in [1.82, 2.24) is 5.43 Å². The molecule has 0 saturated heterocycles. The normalized spacial score (nSPS) is 10.8. The van der Waals surface area contributed by atoms with Crippen molar-refractivity contribution in [2.45, 2.75) is 0 Å². The van der Waals surface area contributed by atoms with Crippen molar-refractivity contribution in [3.05, 3.63) is 61.5 Å². The van der Waals surface area contributed by atoms with Gasteiger partial charge in [-0.2, -0.15) is 5.10 Å². The minimum atomic E-state index is -0.354. The van der Waals surface area contributed by atoms with Crippen LogP contribution in [-0.4, -0.2) is 17.2 Å².